The van der Waals surface area contributed by atoms with Crippen LogP contribution in [0.4, 0.5) is 5.69 Å². The van der Waals surface area contributed by atoms with Crippen LogP contribution in [0.3, 0.4) is 0 Å². The topological polar surface area (TPSA) is 80.6 Å². The number of carbonyl (C=O) groups is 1. The van der Waals surface area contributed by atoms with Gasteiger partial charge in [-0.1, -0.05) is 32.0 Å². The SMILES string of the molecule is CCN(CC)S(=O)(=O)c1ccc(OC)c(NC(=O)Cn2c(C)cc3ccccc32)c1. The van der Waals surface area contributed by atoms with Gasteiger partial charge < -0.3 is 14.6 Å². The number of carbonyl (C=O) groups excluding carboxylic acids is 1. The van der Waals surface area contributed by atoms with Gasteiger partial charge in [0.05, 0.1) is 17.7 Å². The molecule has 0 spiro atoms. The van der Waals surface area contributed by atoms with E-state index in [1.807, 2.05) is 41.8 Å². The normalized spacial score (nSPS) is 11.8. The van der Waals surface area contributed by atoms with E-state index in [1.54, 1.807) is 19.9 Å². The Morgan fingerprint density at radius 3 is 2.47 bits per heavy atom. The molecule has 7 nitrogen and oxygen atoms in total. The van der Waals surface area contributed by atoms with Crippen LogP contribution in [0.15, 0.2) is 53.4 Å². The van der Waals surface area contributed by atoms with Gasteiger partial charge in [-0.3, -0.25) is 4.79 Å². The molecule has 0 aliphatic carbocycles. The number of nitrogens with zero attached hydrogens (tertiary/aromatic N) is 2. The predicted molar refractivity (Wildman–Crippen MR) is 118 cm³/mol. The molecule has 1 N–H and O–H groups in total. The monoisotopic (exact) mass is 429 g/mol. The molecule has 3 aromatic rings. The summed E-state index contributed by atoms with van der Waals surface area (Å²) in [6.45, 7) is 6.37. The van der Waals surface area contributed by atoms with E-state index in [0.29, 0.717) is 24.5 Å². The average molecular weight is 430 g/mol. The molecule has 0 aliphatic rings. The van der Waals surface area contributed by atoms with Crippen LogP contribution in [-0.2, 0) is 21.4 Å². The minimum atomic E-state index is -3.65. The summed E-state index contributed by atoms with van der Waals surface area (Å²) in [5.41, 5.74) is 2.26. The quantitative estimate of drug-likeness (QED) is 0.593. The van der Waals surface area contributed by atoms with Gasteiger partial charge in [-0.2, -0.15) is 4.31 Å². The standard InChI is InChI=1S/C22H27N3O4S/c1-5-24(6-2)30(27,28)18-11-12-21(29-4)19(14-18)23-22(26)15-25-16(3)13-17-9-7-8-10-20(17)25/h7-14H,5-6,15H2,1-4H3,(H,23,26). The van der Waals surface area contributed by atoms with Crippen molar-refractivity contribution in [3.05, 3.63) is 54.2 Å². The number of hydrogen-bond acceptors (Lipinski definition) is 4. The third kappa shape index (κ3) is 4.20. The van der Waals surface area contributed by atoms with Gasteiger partial charge >= 0.3 is 0 Å². The van der Waals surface area contributed by atoms with Gasteiger partial charge in [-0.15, -0.1) is 0 Å². The molecule has 0 fully saturated rings. The number of sulfonamides is 1. The Labute approximate surface area is 177 Å². The number of aryl methyl sites for hydroxylation is 1. The first-order chi connectivity index (χ1) is 14.3. The molecule has 160 valence electrons. The Morgan fingerprint density at radius 1 is 1.10 bits per heavy atom. The van der Waals surface area contributed by atoms with Gasteiger partial charge in [0, 0.05) is 24.3 Å². The van der Waals surface area contributed by atoms with Crippen LogP contribution in [0.1, 0.15) is 19.5 Å². The summed E-state index contributed by atoms with van der Waals surface area (Å²) in [7, 11) is -2.17. The van der Waals surface area contributed by atoms with E-state index >= 15 is 0 Å². The predicted octanol–water partition coefficient (Wildman–Crippen LogP) is 3.63. The number of rotatable bonds is 8. The lowest BCUT2D eigenvalue weighted by Gasteiger charge is -2.20. The van der Waals surface area contributed by atoms with Crippen molar-refractivity contribution in [2.75, 3.05) is 25.5 Å². The molecule has 0 saturated carbocycles. The zero-order valence-corrected chi connectivity index (χ0v) is 18.5. The smallest absolute Gasteiger partial charge is 0.244 e. The Kier molecular flexibility index (Phi) is 6.48. The van der Waals surface area contributed by atoms with Gasteiger partial charge in [0.1, 0.15) is 12.3 Å². The van der Waals surface area contributed by atoms with Crippen molar-refractivity contribution in [2.24, 2.45) is 0 Å². The van der Waals surface area contributed by atoms with E-state index in [1.165, 1.54) is 23.5 Å². The Balaban J connectivity index is 1.90. The lowest BCUT2D eigenvalue weighted by molar-refractivity contribution is -0.116. The highest BCUT2D eigenvalue weighted by Gasteiger charge is 2.23. The zero-order chi connectivity index (χ0) is 21.9. The maximum Gasteiger partial charge on any atom is 0.244 e. The lowest BCUT2D eigenvalue weighted by atomic mass is 10.2. The van der Waals surface area contributed by atoms with Crippen LogP contribution in [0.25, 0.3) is 10.9 Å². The molecule has 1 heterocycles. The highest BCUT2D eigenvalue weighted by Crippen LogP contribution is 2.29. The molecule has 1 aromatic heterocycles. The number of methoxy groups -OCH3 is 1. The number of hydrogen-bond donors (Lipinski definition) is 1. The van der Waals surface area contributed by atoms with Crippen LogP contribution >= 0.6 is 0 Å². The van der Waals surface area contributed by atoms with Crippen LogP contribution < -0.4 is 10.1 Å². The van der Waals surface area contributed by atoms with Gasteiger partial charge in [0.2, 0.25) is 15.9 Å². The number of ether oxygens (including phenoxy) is 1. The first-order valence-corrected chi connectivity index (χ1v) is 11.3. The van der Waals surface area contributed by atoms with E-state index in [4.69, 9.17) is 4.74 Å². The molecule has 0 bridgehead atoms. The van der Waals surface area contributed by atoms with Crippen LogP contribution in [0.5, 0.6) is 5.75 Å². The molecule has 2 aromatic carbocycles. The highest BCUT2D eigenvalue weighted by atomic mass is 32.2. The van der Waals surface area contributed by atoms with Crippen molar-refractivity contribution in [3.63, 3.8) is 0 Å². The van der Waals surface area contributed by atoms with E-state index < -0.39 is 10.0 Å². The Hall–Kier alpha value is -2.84. The Bertz CT molecular complexity index is 1160. The molecular weight excluding hydrogens is 402 g/mol. The molecule has 0 aliphatic heterocycles. The molecule has 30 heavy (non-hydrogen) atoms. The number of fused-ring (bicyclic) bond motifs is 1. The summed E-state index contributed by atoms with van der Waals surface area (Å²) in [6.07, 6.45) is 0. The summed E-state index contributed by atoms with van der Waals surface area (Å²) in [5, 5.41) is 3.87. The fourth-order valence-corrected chi connectivity index (χ4v) is 5.03. The van der Waals surface area contributed by atoms with E-state index in [-0.39, 0.29) is 17.3 Å². The van der Waals surface area contributed by atoms with Gasteiger partial charge in [-0.05, 0) is 42.6 Å². The fourth-order valence-electron chi connectivity index (χ4n) is 3.55. The van der Waals surface area contributed by atoms with E-state index in [9.17, 15) is 13.2 Å². The summed E-state index contributed by atoms with van der Waals surface area (Å²) in [6, 6.07) is 14.4. The third-order valence-electron chi connectivity index (χ3n) is 5.11. The summed E-state index contributed by atoms with van der Waals surface area (Å²) >= 11 is 0. The van der Waals surface area contributed by atoms with Gasteiger partial charge in [-0.25, -0.2) is 8.42 Å². The average Bonchev–Trinajstić information content (AvgIpc) is 3.03. The highest BCUT2D eigenvalue weighted by molar-refractivity contribution is 7.89. The van der Waals surface area contributed by atoms with Crippen molar-refractivity contribution in [1.82, 2.24) is 8.87 Å². The molecule has 0 atom stereocenters. The van der Waals surface area contributed by atoms with Crippen molar-refractivity contribution in [1.29, 1.82) is 0 Å². The van der Waals surface area contributed by atoms with Crippen LogP contribution in [-0.4, -0.2) is 43.4 Å². The van der Waals surface area contributed by atoms with Crippen LogP contribution in [0.2, 0.25) is 0 Å². The second-order valence-corrected chi connectivity index (χ2v) is 8.87. The number of benzene rings is 2. The van der Waals surface area contributed by atoms with Crippen LogP contribution in [0, 0.1) is 6.92 Å². The molecular formula is C22H27N3O4S. The van der Waals surface area contributed by atoms with E-state index in [2.05, 4.69) is 5.32 Å². The van der Waals surface area contributed by atoms with Crippen molar-refractivity contribution in [3.8, 4) is 5.75 Å². The third-order valence-corrected chi connectivity index (χ3v) is 7.15. The molecule has 3 rings (SSSR count). The van der Waals surface area contributed by atoms with Gasteiger partial charge in [0.25, 0.3) is 0 Å². The number of aromatic nitrogens is 1. The zero-order valence-electron chi connectivity index (χ0n) is 17.7. The second kappa shape index (κ2) is 8.89. The maximum atomic E-state index is 12.8. The largest absolute Gasteiger partial charge is 0.495 e. The number of amides is 1. The fraction of sp³-hybridized carbons (Fsp3) is 0.318. The van der Waals surface area contributed by atoms with Crippen molar-refractivity contribution >= 4 is 32.5 Å². The first kappa shape index (κ1) is 21.9. The molecule has 1 amide bonds. The lowest BCUT2D eigenvalue weighted by Crippen LogP contribution is -2.30. The number of anilines is 1. The Morgan fingerprint density at radius 2 is 1.80 bits per heavy atom. The summed E-state index contributed by atoms with van der Waals surface area (Å²) in [5.74, 6) is 0.131. The molecule has 0 saturated heterocycles. The summed E-state index contributed by atoms with van der Waals surface area (Å²) < 4.78 is 34.3. The minimum absolute atomic E-state index is 0.107. The maximum absolute atomic E-state index is 12.8. The summed E-state index contributed by atoms with van der Waals surface area (Å²) in [4.78, 5) is 12.9. The number of para-hydroxylation sites is 1. The number of nitrogens with one attached hydrogen (secondary N) is 1. The molecule has 8 heteroatoms. The first-order valence-electron chi connectivity index (χ1n) is 9.84. The minimum Gasteiger partial charge on any atom is -0.495 e. The molecule has 0 unspecified atom stereocenters. The van der Waals surface area contributed by atoms with Crippen molar-refractivity contribution < 1.29 is 17.9 Å². The second-order valence-electron chi connectivity index (χ2n) is 6.93. The van der Waals surface area contributed by atoms with Crippen molar-refractivity contribution in [2.45, 2.75) is 32.2 Å². The van der Waals surface area contributed by atoms with E-state index in [0.717, 1.165) is 16.6 Å². The molecule has 0 radical (unpaired) electrons. The van der Waals surface area contributed by atoms with Gasteiger partial charge in [0.15, 0.2) is 0 Å².